The highest BCUT2D eigenvalue weighted by Gasteiger charge is 2.31. The molecule has 1 atom stereocenters. The van der Waals surface area contributed by atoms with Crippen LogP contribution < -0.4 is 4.90 Å². The number of nitrogens with zero attached hydrogens (tertiary/aromatic N) is 4. The van der Waals surface area contributed by atoms with Crippen LogP contribution in [0.1, 0.15) is 43.9 Å². The molecule has 1 unspecified atom stereocenters. The van der Waals surface area contributed by atoms with Gasteiger partial charge in [0.05, 0.1) is 29.1 Å². The minimum absolute atomic E-state index is 0.127. The number of fused-ring (bicyclic) bond motifs is 2. The van der Waals surface area contributed by atoms with E-state index in [2.05, 4.69) is 14.9 Å². The number of carbonyl (C=O) groups excluding carboxylic acids is 1. The molecule has 0 aromatic carbocycles. The predicted octanol–water partition coefficient (Wildman–Crippen LogP) is 2.74. The van der Waals surface area contributed by atoms with Crippen LogP contribution in [-0.2, 0) is 16.0 Å². The Labute approximate surface area is 142 Å². The molecule has 0 N–H and O–H groups in total. The largest absolute Gasteiger partial charge is 0.463 e. The van der Waals surface area contributed by atoms with Crippen molar-refractivity contribution in [1.82, 2.24) is 15.0 Å². The summed E-state index contributed by atoms with van der Waals surface area (Å²) in [5.74, 6) is 1.53. The van der Waals surface area contributed by atoms with Gasteiger partial charge in [0.15, 0.2) is 0 Å². The van der Waals surface area contributed by atoms with Crippen LogP contribution in [0.3, 0.4) is 0 Å². The molecule has 2 aliphatic rings. The Morgan fingerprint density at radius 1 is 1.17 bits per heavy atom. The third kappa shape index (κ3) is 2.92. The predicted molar refractivity (Wildman–Crippen MR) is 93.2 cm³/mol. The molecule has 4 heterocycles. The lowest BCUT2D eigenvalue weighted by Gasteiger charge is -2.28. The molecule has 1 fully saturated rings. The Balaban J connectivity index is 0.000000815. The minimum atomic E-state index is -0.127. The van der Waals surface area contributed by atoms with Crippen molar-refractivity contribution in [2.45, 2.75) is 53.0 Å². The smallest absolute Gasteiger partial charge is 0.307 e. The SMILES string of the molecule is CC.Cc1cc2nc(C)nc3c2c(n1)CCC1COC(=O)CCN31. The van der Waals surface area contributed by atoms with Crippen molar-refractivity contribution in [1.29, 1.82) is 0 Å². The molecule has 0 bridgehead atoms. The van der Waals surface area contributed by atoms with Crippen LogP contribution in [0.5, 0.6) is 0 Å². The molecule has 2 aliphatic heterocycles. The van der Waals surface area contributed by atoms with Crippen molar-refractivity contribution in [2.24, 2.45) is 0 Å². The number of aryl methyl sites for hydroxylation is 3. The van der Waals surface area contributed by atoms with E-state index in [-0.39, 0.29) is 12.0 Å². The van der Waals surface area contributed by atoms with Crippen molar-refractivity contribution < 1.29 is 9.53 Å². The maximum atomic E-state index is 11.6. The number of carbonyl (C=O) groups is 1. The second-order valence-corrected chi connectivity index (χ2v) is 6.02. The van der Waals surface area contributed by atoms with Gasteiger partial charge >= 0.3 is 5.97 Å². The normalized spacial score (nSPS) is 19.6. The van der Waals surface area contributed by atoms with E-state index in [9.17, 15) is 4.79 Å². The zero-order valence-corrected chi connectivity index (χ0v) is 14.8. The van der Waals surface area contributed by atoms with Crippen LogP contribution in [0, 0.1) is 13.8 Å². The van der Waals surface area contributed by atoms with E-state index in [1.807, 2.05) is 33.8 Å². The number of anilines is 1. The molecule has 0 spiro atoms. The van der Waals surface area contributed by atoms with Crippen molar-refractivity contribution in [2.75, 3.05) is 18.1 Å². The van der Waals surface area contributed by atoms with Gasteiger partial charge in [0.25, 0.3) is 0 Å². The van der Waals surface area contributed by atoms with Crippen LogP contribution in [0.2, 0.25) is 0 Å². The number of aromatic nitrogens is 3. The van der Waals surface area contributed by atoms with Crippen LogP contribution in [-0.4, -0.2) is 40.1 Å². The summed E-state index contributed by atoms with van der Waals surface area (Å²) in [6.07, 6.45) is 2.17. The first-order valence-corrected chi connectivity index (χ1v) is 8.69. The summed E-state index contributed by atoms with van der Waals surface area (Å²) in [5.41, 5.74) is 2.99. The number of esters is 1. The van der Waals surface area contributed by atoms with Crippen LogP contribution >= 0.6 is 0 Å². The average Bonchev–Trinajstić information content (AvgIpc) is 2.82. The van der Waals surface area contributed by atoms with Crippen LogP contribution in [0.15, 0.2) is 6.07 Å². The second-order valence-electron chi connectivity index (χ2n) is 6.02. The van der Waals surface area contributed by atoms with Gasteiger partial charge in [0, 0.05) is 12.2 Å². The van der Waals surface area contributed by atoms with Gasteiger partial charge < -0.3 is 9.64 Å². The van der Waals surface area contributed by atoms with Crippen molar-refractivity contribution in [3.8, 4) is 0 Å². The van der Waals surface area contributed by atoms with Crippen molar-refractivity contribution in [3.05, 3.63) is 23.3 Å². The molecule has 0 saturated carbocycles. The summed E-state index contributed by atoms with van der Waals surface area (Å²) in [6.45, 7) is 8.97. The summed E-state index contributed by atoms with van der Waals surface area (Å²) in [7, 11) is 0. The van der Waals surface area contributed by atoms with E-state index in [0.717, 1.165) is 46.8 Å². The maximum Gasteiger partial charge on any atom is 0.307 e. The van der Waals surface area contributed by atoms with Gasteiger partial charge in [-0.15, -0.1) is 0 Å². The highest BCUT2D eigenvalue weighted by Crippen LogP contribution is 2.34. The number of cyclic esters (lactones) is 1. The molecule has 1 saturated heterocycles. The minimum Gasteiger partial charge on any atom is -0.463 e. The van der Waals surface area contributed by atoms with Crippen molar-refractivity contribution in [3.63, 3.8) is 0 Å². The highest BCUT2D eigenvalue weighted by atomic mass is 16.5. The van der Waals surface area contributed by atoms with Gasteiger partial charge in [-0.25, -0.2) is 9.97 Å². The van der Waals surface area contributed by atoms with Crippen LogP contribution in [0.25, 0.3) is 10.9 Å². The summed E-state index contributed by atoms with van der Waals surface area (Å²) in [6, 6.07) is 2.18. The molecule has 2 aromatic heterocycles. The van der Waals surface area contributed by atoms with E-state index in [1.54, 1.807) is 0 Å². The number of hydrogen-bond donors (Lipinski definition) is 0. The van der Waals surface area contributed by atoms with E-state index in [0.29, 0.717) is 19.6 Å². The molecule has 6 nitrogen and oxygen atoms in total. The zero-order chi connectivity index (χ0) is 17.3. The maximum absolute atomic E-state index is 11.6. The lowest BCUT2D eigenvalue weighted by atomic mass is 10.1. The standard InChI is InChI=1S/C16H18N4O2.C2H6/c1-9-7-13-15-12(17-9)4-3-11-8-22-14(21)5-6-20(11)16(15)19-10(2)18-13;1-2/h7,11H,3-6,8H2,1-2H3;1-2H3. The van der Waals surface area contributed by atoms with Gasteiger partial charge in [-0.05, 0) is 32.8 Å². The molecule has 0 amide bonds. The first-order valence-electron chi connectivity index (χ1n) is 8.69. The quantitative estimate of drug-likeness (QED) is 0.693. The fraction of sp³-hybridized carbons (Fsp3) is 0.556. The van der Waals surface area contributed by atoms with Gasteiger partial charge in [0.2, 0.25) is 0 Å². The second kappa shape index (κ2) is 6.71. The molecular formula is C18H24N4O2. The third-order valence-electron chi connectivity index (χ3n) is 4.40. The molecule has 128 valence electrons. The molecule has 2 aromatic rings. The highest BCUT2D eigenvalue weighted by molar-refractivity contribution is 5.92. The van der Waals surface area contributed by atoms with E-state index in [1.165, 1.54) is 0 Å². The van der Waals surface area contributed by atoms with E-state index in [4.69, 9.17) is 9.72 Å². The Morgan fingerprint density at radius 3 is 2.75 bits per heavy atom. The molecule has 4 rings (SSSR count). The summed E-state index contributed by atoms with van der Waals surface area (Å²) < 4.78 is 5.33. The van der Waals surface area contributed by atoms with E-state index >= 15 is 0 Å². The lowest BCUT2D eigenvalue weighted by molar-refractivity contribution is -0.142. The number of rotatable bonds is 0. The monoisotopic (exact) mass is 328 g/mol. The number of hydrogen-bond acceptors (Lipinski definition) is 6. The van der Waals surface area contributed by atoms with E-state index < -0.39 is 0 Å². The lowest BCUT2D eigenvalue weighted by Crippen LogP contribution is -2.37. The molecule has 6 heteroatoms. The molecule has 0 radical (unpaired) electrons. The first-order chi connectivity index (χ1) is 11.6. The topological polar surface area (TPSA) is 68.2 Å². The molecule has 24 heavy (non-hydrogen) atoms. The van der Waals surface area contributed by atoms with Gasteiger partial charge in [-0.3, -0.25) is 9.78 Å². The summed E-state index contributed by atoms with van der Waals surface area (Å²) in [5, 5.41) is 1.04. The van der Waals surface area contributed by atoms with Gasteiger partial charge in [0.1, 0.15) is 18.2 Å². The van der Waals surface area contributed by atoms with Crippen LogP contribution in [0.4, 0.5) is 5.82 Å². The Bertz CT molecular complexity index is 770. The average molecular weight is 328 g/mol. The Kier molecular flexibility index (Phi) is 4.64. The molecule has 0 aliphatic carbocycles. The number of ether oxygens (including phenoxy) is 1. The van der Waals surface area contributed by atoms with Crippen molar-refractivity contribution >= 4 is 22.7 Å². The fourth-order valence-electron chi connectivity index (χ4n) is 3.41. The first kappa shape index (κ1) is 16.6. The Morgan fingerprint density at radius 2 is 1.96 bits per heavy atom. The number of pyridine rings is 1. The third-order valence-corrected chi connectivity index (χ3v) is 4.40. The van der Waals surface area contributed by atoms with Gasteiger partial charge in [-0.2, -0.15) is 0 Å². The summed E-state index contributed by atoms with van der Waals surface area (Å²) >= 11 is 0. The molecular weight excluding hydrogens is 304 g/mol. The zero-order valence-electron chi connectivity index (χ0n) is 14.8. The summed E-state index contributed by atoms with van der Waals surface area (Å²) in [4.78, 5) is 27.8. The fourth-order valence-corrected chi connectivity index (χ4v) is 3.41. The Hall–Kier alpha value is -2.24. The van der Waals surface area contributed by atoms with Gasteiger partial charge in [-0.1, -0.05) is 13.8 Å².